The summed E-state index contributed by atoms with van der Waals surface area (Å²) in [5, 5.41) is 0.762. The number of para-hydroxylation sites is 2. The smallest absolute Gasteiger partial charge is 0.120 e. The average Bonchev–Trinajstić information content (AvgIpc) is 3.06. The molecule has 4 rings (SSSR count). The lowest BCUT2D eigenvalue weighted by Gasteiger charge is -2.07. The molecular formula is C23H19ClN2S. The van der Waals surface area contributed by atoms with E-state index in [1.807, 2.05) is 24.3 Å². The summed E-state index contributed by atoms with van der Waals surface area (Å²) < 4.78 is 2.29. The largest absolute Gasteiger partial charge is 0.323 e. The lowest BCUT2D eigenvalue weighted by atomic mass is 10.2. The Bertz CT molecular complexity index is 1050. The Kier molecular flexibility index (Phi) is 5.61. The van der Waals surface area contributed by atoms with Crippen molar-refractivity contribution in [2.24, 2.45) is 0 Å². The molecule has 0 bridgehead atoms. The maximum Gasteiger partial charge on any atom is 0.120 e. The normalized spacial score (nSPS) is 11.4. The van der Waals surface area contributed by atoms with Crippen LogP contribution in [0.3, 0.4) is 0 Å². The van der Waals surface area contributed by atoms with Crippen molar-refractivity contribution in [3.8, 4) is 0 Å². The number of benzene rings is 3. The van der Waals surface area contributed by atoms with Crippen LogP contribution in [0.5, 0.6) is 0 Å². The molecule has 0 atom stereocenters. The minimum atomic E-state index is 0.762. The summed E-state index contributed by atoms with van der Waals surface area (Å²) in [6, 6.07) is 26.6. The van der Waals surface area contributed by atoms with Crippen molar-refractivity contribution in [3.05, 3.63) is 101 Å². The highest BCUT2D eigenvalue weighted by Gasteiger charge is 2.10. The molecule has 0 fully saturated rings. The molecular weight excluding hydrogens is 372 g/mol. The topological polar surface area (TPSA) is 17.8 Å². The Labute approximate surface area is 168 Å². The summed E-state index contributed by atoms with van der Waals surface area (Å²) >= 11 is 7.76. The number of rotatable bonds is 6. The standard InChI is InChI=1S/C23H19ClN2S/c24-19-12-14-20(15-13-19)27-17-23-25-21-10-4-5-11-22(21)26(23)16-6-9-18-7-2-1-3-8-18/h1-15H,16-17H2/b9-6+. The number of imidazole rings is 1. The predicted octanol–water partition coefficient (Wildman–Crippen LogP) is 6.70. The summed E-state index contributed by atoms with van der Waals surface area (Å²) in [4.78, 5) is 6.05. The van der Waals surface area contributed by atoms with E-state index in [4.69, 9.17) is 16.6 Å². The molecule has 0 amide bonds. The zero-order valence-electron chi connectivity index (χ0n) is 14.8. The third-order valence-corrected chi connectivity index (χ3v) is 5.57. The van der Waals surface area contributed by atoms with Gasteiger partial charge in [-0.3, -0.25) is 0 Å². The van der Waals surface area contributed by atoms with Crippen molar-refractivity contribution in [1.29, 1.82) is 0 Å². The molecule has 0 aliphatic rings. The second-order valence-electron chi connectivity index (χ2n) is 6.18. The van der Waals surface area contributed by atoms with Gasteiger partial charge in [0.2, 0.25) is 0 Å². The van der Waals surface area contributed by atoms with E-state index >= 15 is 0 Å². The molecule has 27 heavy (non-hydrogen) atoms. The number of nitrogens with zero attached hydrogens (tertiary/aromatic N) is 2. The zero-order chi connectivity index (χ0) is 18.5. The van der Waals surface area contributed by atoms with E-state index in [2.05, 4.69) is 71.3 Å². The molecule has 0 saturated carbocycles. The number of allylic oxidation sites excluding steroid dienone is 1. The number of hydrogen-bond donors (Lipinski definition) is 0. The van der Waals surface area contributed by atoms with E-state index in [1.165, 1.54) is 16.0 Å². The van der Waals surface area contributed by atoms with Gasteiger partial charge in [0.25, 0.3) is 0 Å². The van der Waals surface area contributed by atoms with E-state index in [-0.39, 0.29) is 0 Å². The predicted molar refractivity (Wildman–Crippen MR) is 116 cm³/mol. The van der Waals surface area contributed by atoms with Crippen molar-refractivity contribution in [1.82, 2.24) is 9.55 Å². The van der Waals surface area contributed by atoms with E-state index in [1.54, 1.807) is 11.8 Å². The van der Waals surface area contributed by atoms with Crippen molar-refractivity contribution >= 4 is 40.5 Å². The highest BCUT2D eigenvalue weighted by Crippen LogP contribution is 2.26. The molecule has 1 heterocycles. The fourth-order valence-corrected chi connectivity index (χ4v) is 3.95. The zero-order valence-corrected chi connectivity index (χ0v) is 16.3. The highest BCUT2D eigenvalue weighted by molar-refractivity contribution is 7.98. The van der Waals surface area contributed by atoms with Gasteiger partial charge < -0.3 is 4.57 Å². The molecule has 0 unspecified atom stereocenters. The minimum absolute atomic E-state index is 0.762. The van der Waals surface area contributed by atoms with Crippen LogP contribution in [-0.2, 0) is 12.3 Å². The summed E-state index contributed by atoms with van der Waals surface area (Å²) in [6.07, 6.45) is 4.35. The van der Waals surface area contributed by atoms with Crippen LogP contribution in [0, 0.1) is 0 Å². The van der Waals surface area contributed by atoms with Gasteiger partial charge in [0.15, 0.2) is 0 Å². The van der Waals surface area contributed by atoms with Crippen LogP contribution in [0.4, 0.5) is 0 Å². The van der Waals surface area contributed by atoms with Gasteiger partial charge in [-0.25, -0.2) is 4.98 Å². The van der Waals surface area contributed by atoms with Gasteiger partial charge >= 0.3 is 0 Å². The molecule has 134 valence electrons. The second-order valence-corrected chi connectivity index (χ2v) is 7.67. The van der Waals surface area contributed by atoms with Gasteiger partial charge in [0, 0.05) is 16.5 Å². The molecule has 4 aromatic rings. The van der Waals surface area contributed by atoms with Crippen LogP contribution < -0.4 is 0 Å². The van der Waals surface area contributed by atoms with Crippen LogP contribution in [0.25, 0.3) is 17.1 Å². The van der Waals surface area contributed by atoms with E-state index < -0.39 is 0 Å². The fourth-order valence-electron chi connectivity index (χ4n) is 2.98. The third-order valence-electron chi connectivity index (χ3n) is 4.31. The summed E-state index contributed by atoms with van der Waals surface area (Å²) in [5.41, 5.74) is 3.42. The van der Waals surface area contributed by atoms with Gasteiger partial charge in [-0.1, -0.05) is 66.2 Å². The van der Waals surface area contributed by atoms with Crippen LogP contribution in [0.15, 0.2) is 89.8 Å². The first-order valence-corrected chi connectivity index (χ1v) is 10.2. The SMILES string of the molecule is Clc1ccc(SCc2nc3ccccc3n2C/C=C/c2ccccc2)cc1. The fraction of sp³-hybridized carbons (Fsp3) is 0.0870. The van der Waals surface area contributed by atoms with E-state index in [9.17, 15) is 0 Å². The second kappa shape index (κ2) is 8.47. The Morgan fingerprint density at radius 1 is 0.889 bits per heavy atom. The van der Waals surface area contributed by atoms with E-state index in [0.717, 1.165) is 28.7 Å². The first kappa shape index (κ1) is 17.9. The molecule has 0 aliphatic carbocycles. The molecule has 2 nitrogen and oxygen atoms in total. The molecule has 0 radical (unpaired) electrons. The Morgan fingerprint density at radius 3 is 2.44 bits per heavy atom. The highest BCUT2D eigenvalue weighted by atomic mass is 35.5. The van der Waals surface area contributed by atoms with Crippen molar-refractivity contribution in [3.63, 3.8) is 0 Å². The van der Waals surface area contributed by atoms with Crippen LogP contribution in [0.1, 0.15) is 11.4 Å². The van der Waals surface area contributed by atoms with Gasteiger partial charge in [-0.2, -0.15) is 0 Å². The minimum Gasteiger partial charge on any atom is -0.323 e. The summed E-state index contributed by atoms with van der Waals surface area (Å²) in [7, 11) is 0. The number of fused-ring (bicyclic) bond motifs is 1. The molecule has 0 spiro atoms. The number of hydrogen-bond acceptors (Lipinski definition) is 2. The Balaban J connectivity index is 1.57. The van der Waals surface area contributed by atoms with Crippen LogP contribution >= 0.6 is 23.4 Å². The summed E-state index contributed by atoms with van der Waals surface area (Å²) in [5.74, 6) is 1.89. The van der Waals surface area contributed by atoms with Gasteiger partial charge in [-0.05, 0) is 42.0 Å². The molecule has 0 aliphatic heterocycles. The van der Waals surface area contributed by atoms with Crippen LogP contribution in [0.2, 0.25) is 5.02 Å². The van der Waals surface area contributed by atoms with Gasteiger partial charge in [0.1, 0.15) is 5.82 Å². The third kappa shape index (κ3) is 4.44. The quantitative estimate of drug-likeness (QED) is 0.341. The number of aromatic nitrogens is 2. The van der Waals surface area contributed by atoms with Crippen molar-refractivity contribution < 1.29 is 0 Å². The van der Waals surface area contributed by atoms with Crippen molar-refractivity contribution in [2.45, 2.75) is 17.2 Å². The van der Waals surface area contributed by atoms with Crippen LogP contribution in [-0.4, -0.2) is 9.55 Å². The molecule has 4 heteroatoms. The van der Waals surface area contributed by atoms with Crippen molar-refractivity contribution in [2.75, 3.05) is 0 Å². The maximum absolute atomic E-state index is 5.98. The first-order valence-electron chi connectivity index (χ1n) is 8.84. The number of thioether (sulfide) groups is 1. The molecule has 3 aromatic carbocycles. The van der Waals surface area contributed by atoms with E-state index in [0.29, 0.717) is 0 Å². The molecule has 0 saturated heterocycles. The summed E-state index contributed by atoms with van der Waals surface area (Å²) in [6.45, 7) is 0.798. The molecule has 0 N–H and O–H groups in total. The molecule has 1 aromatic heterocycles. The Hall–Kier alpha value is -2.49. The lowest BCUT2D eigenvalue weighted by molar-refractivity contribution is 0.802. The maximum atomic E-state index is 5.98. The average molecular weight is 391 g/mol. The Morgan fingerprint density at radius 2 is 1.63 bits per heavy atom. The lowest BCUT2D eigenvalue weighted by Crippen LogP contribution is -2.01. The van der Waals surface area contributed by atoms with Gasteiger partial charge in [-0.15, -0.1) is 11.8 Å². The first-order chi connectivity index (χ1) is 13.3. The number of halogens is 1. The monoisotopic (exact) mass is 390 g/mol. The van der Waals surface area contributed by atoms with Gasteiger partial charge in [0.05, 0.1) is 16.8 Å².